The number of rotatable bonds is 4. The van der Waals surface area contributed by atoms with Gasteiger partial charge in [0.25, 0.3) is 5.56 Å². The molecule has 5 nitrogen and oxygen atoms in total. The summed E-state index contributed by atoms with van der Waals surface area (Å²) in [7, 11) is 0. The molecular formula is C9H12N2O3S. The molecule has 6 heteroatoms. The fourth-order valence-corrected chi connectivity index (χ4v) is 1.94. The minimum atomic E-state index is -0.897. The van der Waals surface area contributed by atoms with Crippen LogP contribution in [-0.2, 0) is 4.79 Å². The highest BCUT2D eigenvalue weighted by atomic mass is 32.2. The van der Waals surface area contributed by atoms with E-state index in [0.29, 0.717) is 17.3 Å². The van der Waals surface area contributed by atoms with Gasteiger partial charge in [-0.2, -0.15) is 0 Å². The van der Waals surface area contributed by atoms with Crippen LogP contribution in [0.1, 0.15) is 19.0 Å². The molecule has 0 aliphatic carbocycles. The number of carboxylic acid groups (broad SMARTS) is 1. The molecule has 15 heavy (non-hydrogen) atoms. The molecular weight excluding hydrogens is 216 g/mol. The lowest BCUT2D eigenvalue weighted by atomic mass is 10.3. The number of nitrogens with zero attached hydrogens (tertiary/aromatic N) is 1. The first-order valence-electron chi connectivity index (χ1n) is 4.50. The molecule has 0 aliphatic heterocycles. The van der Waals surface area contributed by atoms with Crippen LogP contribution in [0.25, 0.3) is 0 Å². The second-order valence-corrected chi connectivity index (χ2v) is 4.24. The quantitative estimate of drug-likeness (QED) is 0.594. The molecule has 0 saturated carbocycles. The number of hydrogen-bond acceptors (Lipinski definition) is 4. The zero-order valence-electron chi connectivity index (χ0n) is 8.48. The number of carbonyl (C=O) groups is 1. The summed E-state index contributed by atoms with van der Waals surface area (Å²) in [6.07, 6.45) is 0.484. The number of aryl methyl sites for hydroxylation is 1. The van der Waals surface area contributed by atoms with Crippen LogP contribution < -0.4 is 5.56 Å². The second-order valence-electron chi connectivity index (χ2n) is 3.04. The maximum Gasteiger partial charge on any atom is 0.317 e. The summed E-state index contributed by atoms with van der Waals surface area (Å²) in [5, 5.41) is 8.61. The van der Waals surface area contributed by atoms with E-state index >= 15 is 0 Å². The lowest BCUT2D eigenvalue weighted by Crippen LogP contribution is -2.17. The molecule has 82 valence electrons. The standard InChI is InChI=1S/C9H12N2O3S/c1-3-6(8(13)14)15-9-10-5(2)4-7(12)11-9/h4,6H,3H2,1-2H3,(H,13,14)(H,10,11,12)/t6-/m0/s1. The molecule has 1 heterocycles. The largest absolute Gasteiger partial charge is 0.480 e. The van der Waals surface area contributed by atoms with Crippen LogP contribution in [0.15, 0.2) is 16.0 Å². The van der Waals surface area contributed by atoms with Gasteiger partial charge in [0, 0.05) is 11.8 Å². The number of nitrogens with one attached hydrogen (secondary N) is 1. The van der Waals surface area contributed by atoms with E-state index in [-0.39, 0.29) is 5.56 Å². The van der Waals surface area contributed by atoms with E-state index in [0.717, 1.165) is 11.8 Å². The molecule has 0 aromatic carbocycles. The van der Waals surface area contributed by atoms with Gasteiger partial charge in [-0.1, -0.05) is 18.7 Å². The molecule has 0 saturated heterocycles. The Kier molecular flexibility index (Phi) is 3.90. The molecule has 0 unspecified atom stereocenters. The van der Waals surface area contributed by atoms with E-state index in [9.17, 15) is 9.59 Å². The van der Waals surface area contributed by atoms with E-state index in [1.807, 2.05) is 0 Å². The van der Waals surface area contributed by atoms with Gasteiger partial charge in [0.2, 0.25) is 0 Å². The number of aromatic nitrogens is 2. The number of aliphatic carboxylic acids is 1. The summed E-state index contributed by atoms with van der Waals surface area (Å²) in [4.78, 5) is 28.4. The van der Waals surface area contributed by atoms with Gasteiger partial charge in [-0.05, 0) is 13.3 Å². The summed E-state index contributed by atoms with van der Waals surface area (Å²) in [6, 6.07) is 1.37. The highest BCUT2D eigenvalue weighted by molar-refractivity contribution is 8.00. The Hall–Kier alpha value is -1.30. The molecule has 0 aliphatic rings. The highest BCUT2D eigenvalue weighted by Gasteiger charge is 2.17. The summed E-state index contributed by atoms with van der Waals surface area (Å²) in [6.45, 7) is 3.47. The SMILES string of the molecule is CC[C@H](Sc1nc(C)cc(=O)[nH]1)C(=O)O. The van der Waals surface area contributed by atoms with Crippen molar-refractivity contribution in [2.75, 3.05) is 0 Å². The Morgan fingerprint density at radius 2 is 2.40 bits per heavy atom. The molecule has 0 amide bonds. The third-order valence-corrected chi connectivity index (χ3v) is 2.98. The van der Waals surface area contributed by atoms with Crippen molar-refractivity contribution in [3.05, 3.63) is 22.1 Å². The minimum Gasteiger partial charge on any atom is -0.480 e. The first-order valence-corrected chi connectivity index (χ1v) is 5.38. The molecule has 0 fully saturated rings. The molecule has 0 bridgehead atoms. The van der Waals surface area contributed by atoms with Crippen molar-refractivity contribution in [2.24, 2.45) is 0 Å². The Bertz CT molecular complexity index is 416. The predicted molar refractivity (Wildman–Crippen MR) is 57.2 cm³/mol. The van der Waals surface area contributed by atoms with Crippen molar-refractivity contribution in [1.29, 1.82) is 0 Å². The zero-order valence-corrected chi connectivity index (χ0v) is 9.30. The number of aromatic amines is 1. The van der Waals surface area contributed by atoms with Gasteiger partial charge in [-0.25, -0.2) is 4.98 Å². The van der Waals surface area contributed by atoms with E-state index in [2.05, 4.69) is 9.97 Å². The number of H-pyrrole nitrogens is 1. The average molecular weight is 228 g/mol. The van der Waals surface area contributed by atoms with E-state index in [1.54, 1.807) is 13.8 Å². The zero-order chi connectivity index (χ0) is 11.4. The summed E-state index contributed by atoms with van der Waals surface area (Å²) < 4.78 is 0. The molecule has 1 rings (SSSR count). The normalized spacial score (nSPS) is 12.4. The van der Waals surface area contributed by atoms with Crippen LogP contribution in [0.4, 0.5) is 0 Å². The van der Waals surface area contributed by atoms with Gasteiger partial charge in [0.15, 0.2) is 5.16 Å². The predicted octanol–water partition coefficient (Wildman–Crippen LogP) is 1.03. The van der Waals surface area contributed by atoms with Gasteiger partial charge in [0.05, 0.1) is 0 Å². The maximum absolute atomic E-state index is 11.1. The van der Waals surface area contributed by atoms with Crippen LogP contribution >= 0.6 is 11.8 Å². The fraction of sp³-hybridized carbons (Fsp3) is 0.444. The van der Waals surface area contributed by atoms with Gasteiger partial charge in [-0.15, -0.1) is 0 Å². The first kappa shape index (κ1) is 11.8. The Morgan fingerprint density at radius 3 is 2.87 bits per heavy atom. The van der Waals surface area contributed by atoms with Crippen molar-refractivity contribution < 1.29 is 9.90 Å². The van der Waals surface area contributed by atoms with Gasteiger partial charge in [-0.3, -0.25) is 9.59 Å². The third kappa shape index (κ3) is 3.39. The number of hydrogen-bond donors (Lipinski definition) is 2. The molecule has 0 radical (unpaired) electrons. The monoisotopic (exact) mass is 228 g/mol. The van der Waals surface area contributed by atoms with Crippen molar-refractivity contribution in [1.82, 2.24) is 9.97 Å². The summed E-state index contributed by atoms with van der Waals surface area (Å²) >= 11 is 1.06. The maximum atomic E-state index is 11.1. The van der Waals surface area contributed by atoms with Crippen molar-refractivity contribution in [2.45, 2.75) is 30.7 Å². The topological polar surface area (TPSA) is 83.0 Å². The van der Waals surface area contributed by atoms with E-state index in [4.69, 9.17) is 5.11 Å². The van der Waals surface area contributed by atoms with Crippen molar-refractivity contribution in [3.63, 3.8) is 0 Å². The van der Waals surface area contributed by atoms with Crippen LogP contribution in [-0.4, -0.2) is 26.3 Å². The van der Waals surface area contributed by atoms with E-state index in [1.165, 1.54) is 6.07 Å². The van der Waals surface area contributed by atoms with Gasteiger partial charge in [0.1, 0.15) is 5.25 Å². The lowest BCUT2D eigenvalue weighted by Gasteiger charge is -2.07. The Labute approximate surface area is 90.9 Å². The molecule has 1 atom stereocenters. The van der Waals surface area contributed by atoms with Crippen molar-refractivity contribution >= 4 is 17.7 Å². The van der Waals surface area contributed by atoms with Gasteiger partial charge >= 0.3 is 5.97 Å². The van der Waals surface area contributed by atoms with Crippen LogP contribution in [0.2, 0.25) is 0 Å². The molecule has 0 spiro atoms. The lowest BCUT2D eigenvalue weighted by molar-refractivity contribution is -0.136. The highest BCUT2D eigenvalue weighted by Crippen LogP contribution is 2.21. The first-order chi connectivity index (χ1) is 7.02. The van der Waals surface area contributed by atoms with E-state index < -0.39 is 11.2 Å². The minimum absolute atomic E-state index is 0.259. The van der Waals surface area contributed by atoms with Crippen LogP contribution in [0.5, 0.6) is 0 Å². The van der Waals surface area contributed by atoms with Crippen molar-refractivity contribution in [3.8, 4) is 0 Å². The van der Waals surface area contributed by atoms with Crippen LogP contribution in [0, 0.1) is 6.92 Å². The fourth-order valence-electron chi connectivity index (χ4n) is 1.05. The van der Waals surface area contributed by atoms with Crippen LogP contribution in [0.3, 0.4) is 0 Å². The average Bonchev–Trinajstić information content (AvgIpc) is 2.12. The molecule has 2 N–H and O–H groups in total. The Morgan fingerprint density at radius 1 is 1.73 bits per heavy atom. The summed E-state index contributed by atoms with van der Waals surface area (Å²) in [5.41, 5.74) is 0.326. The second kappa shape index (κ2) is 4.97. The third-order valence-electron chi connectivity index (χ3n) is 1.75. The Balaban J connectivity index is 2.88. The number of thioether (sulfide) groups is 1. The van der Waals surface area contributed by atoms with Gasteiger partial charge < -0.3 is 10.1 Å². The summed E-state index contributed by atoms with van der Waals surface area (Å²) in [5.74, 6) is -0.897. The number of carboxylic acids is 1. The smallest absolute Gasteiger partial charge is 0.317 e. The molecule has 1 aromatic heterocycles. The molecule has 1 aromatic rings.